The van der Waals surface area contributed by atoms with Crippen molar-refractivity contribution in [3.63, 3.8) is 0 Å². The summed E-state index contributed by atoms with van der Waals surface area (Å²) in [5, 5.41) is 13.3. The molecule has 0 radical (unpaired) electrons. The summed E-state index contributed by atoms with van der Waals surface area (Å²) in [6.45, 7) is 9.10. The van der Waals surface area contributed by atoms with Crippen molar-refractivity contribution in [2.45, 2.75) is 45.9 Å². The van der Waals surface area contributed by atoms with E-state index in [9.17, 15) is 4.39 Å². The third-order valence-corrected chi connectivity index (χ3v) is 4.65. The van der Waals surface area contributed by atoms with Gasteiger partial charge in [-0.25, -0.2) is 14.4 Å². The van der Waals surface area contributed by atoms with Crippen molar-refractivity contribution in [3.8, 4) is 0 Å². The van der Waals surface area contributed by atoms with Gasteiger partial charge < -0.3 is 20.3 Å². The van der Waals surface area contributed by atoms with Crippen LogP contribution in [-0.2, 0) is 4.74 Å². The second kappa shape index (κ2) is 8.76. The van der Waals surface area contributed by atoms with Crippen molar-refractivity contribution in [1.82, 2.24) is 35.1 Å². The monoisotopic (exact) mass is 428 g/mol. The zero-order chi connectivity index (χ0) is 22.0. The number of aromatic nitrogens is 7. The van der Waals surface area contributed by atoms with Gasteiger partial charge in [-0.1, -0.05) is 0 Å². The van der Waals surface area contributed by atoms with Gasteiger partial charge in [-0.3, -0.25) is 5.10 Å². The summed E-state index contributed by atoms with van der Waals surface area (Å²) in [7, 11) is 0. The van der Waals surface area contributed by atoms with Crippen LogP contribution in [0.3, 0.4) is 0 Å². The molecule has 4 heterocycles. The molecule has 0 spiro atoms. The summed E-state index contributed by atoms with van der Waals surface area (Å²) in [6.07, 6.45) is 2.36. The Labute approximate surface area is 178 Å². The first-order valence-electron chi connectivity index (χ1n) is 10.0. The first-order valence-corrected chi connectivity index (χ1v) is 10.0. The third-order valence-electron chi connectivity index (χ3n) is 4.65. The average molecular weight is 428 g/mol. The van der Waals surface area contributed by atoms with Crippen LogP contribution in [0, 0.1) is 12.7 Å². The van der Waals surface area contributed by atoms with Gasteiger partial charge in [0.2, 0.25) is 17.8 Å². The number of halogens is 1. The molecule has 1 fully saturated rings. The molecule has 0 amide bonds. The highest BCUT2D eigenvalue weighted by molar-refractivity contribution is 5.52. The van der Waals surface area contributed by atoms with Crippen LogP contribution >= 0.6 is 0 Å². The number of rotatable bonds is 6. The van der Waals surface area contributed by atoms with Crippen molar-refractivity contribution in [1.29, 1.82) is 0 Å². The Kier molecular flexibility index (Phi) is 5.89. The third kappa shape index (κ3) is 5.20. The molecular weight excluding hydrogens is 403 g/mol. The van der Waals surface area contributed by atoms with Gasteiger partial charge in [-0.05, 0) is 27.7 Å². The van der Waals surface area contributed by atoms with Crippen LogP contribution in [0.4, 0.5) is 28.1 Å². The van der Waals surface area contributed by atoms with E-state index in [0.717, 1.165) is 18.1 Å². The molecule has 0 saturated carbocycles. The molecule has 2 unspecified atom stereocenters. The molecule has 12 heteroatoms. The zero-order valence-corrected chi connectivity index (χ0v) is 17.8. The minimum absolute atomic E-state index is 0.0499. The number of aromatic amines is 1. The number of H-pyrrole nitrogens is 1. The second-order valence-electron chi connectivity index (χ2n) is 7.63. The highest BCUT2D eigenvalue weighted by Gasteiger charge is 2.25. The number of morpholine rings is 1. The van der Waals surface area contributed by atoms with E-state index in [4.69, 9.17) is 4.74 Å². The van der Waals surface area contributed by atoms with E-state index in [1.807, 2.05) is 33.8 Å². The predicted molar refractivity (Wildman–Crippen MR) is 113 cm³/mol. The topological polar surface area (TPSA) is 130 Å². The fraction of sp³-hybridized carbons (Fsp3) is 0.474. The lowest BCUT2D eigenvalue weighted by Crippen LogP contribution is -2.46. The van der Waals surface area contributed by atoms with Crippen molar-refractivity contribution in [3.05, 3.63) is 35.8 Å². The SMILES string of the molecule is Cc1cc(Nc2nc(NC(C)c3ncc(F)cn3)nc(N3CC(C)O[C@H](C)C3)n2)n[nH]1. The molecule has 1 aliphatic heterocycles. The highest BCUT2D eigenvalue weighted by atomic mass is 19.1. The minimum atomic E-state index is -0.491. The highest BCUT2D eigenvalue weighted by Crippen LogP contribution is 2.22. The summed E-state index contributed by atoms with van der Waals surface area (Å²) >= 11 is 0. The van der Waals surface area contributed by atoms with E-state index >= 15 is 0 Å². The zero-order valence-electron chi connectivity index (χ0n) is 17.8. The summed E-state index contributed by atoms with van der Waals surface area (Å²) in [5.74, 6) is 1.73. The molecule has 31 heavy (non-hydrogen) atoms. The maximum Gasteiger partial charge on any atom is 0.235 e. The molecule has 1 aliphatic rings. The minimum Gasteiger partial charge on any atom is -0.372 e. The van der Waals surface area contributed by atoms with Gasteiger partial charge in [0.1, 0.15) is 5.82 Å². The lowest BCUT2D eigenvalue weighted by atomic mass is 10.2. The summed E-state index contributed by atoms with van der Waals surface area (Å²) in [4.78, 5) is 23.8. The van der Waals surface area contributed by atoms with Gasteiger partial charge >= 0.3 is 0 Å². The molecule has 3 aromatic rings. The van der Waals surface area contributed by atoms with Gasteiger partial charge in [-0.2, -0.15) is 20.1 Å². The Morgan fingerprint density at radius 3 is 2.45 bits per heavy atom. The molecule has 164 valence electrons. The maximum atomic E-state index is 13.1. The van der Waals surface area contributed by atoms with Crippen LogP contribution in [0.2, 0.25) is 0 Å². The van der Waals surface area contributed by atoms with Crippen LogP contribution in [0.1, 0.15) is 38.3 Å². The van der Waals surface area contributed by atoms with Crippen molar-refractivity contribution >= 4 is 23.7 Å². The smallest absolute Gasteiger partial charge is 0.235 e. The van der Waals surface area contributed by atoms with E-state index in [0.29, 0.717) is 42.6 Å². The molecular formula is C19H25FN10O. The lowest BCUT2D eigenvalue weighted by Gasteiger charge is -2.35. The molecule has 0 aliphatic carbocycles. The van der Waals surface area contributed by atoms with E-state index in [1.54, 1.807) is 0 Å². The molecule has 3 aromatic heterocycles. The Morgan fingerprint density at radius 2 is 1.81 bits per heavy atom. The number of anilines is 4. The number of nitrogens with one attached hydrogen (secondary N) is 3. The Bertz CT molecular complexity index is 1020. The average Bonchev–Trinajstić information content (AvgIpc) is 3.12. The summed E-state index contributed by atoms with van der Waals surface area (Å²) in [5.41, 5.74) is 0.910. The fourth-order valence-corrected chi connectivity index (χ4v) is 3.37. The van der Waals surface area contributed by atoms with Gasteiger partial charge in [0.05, 0.1) is 30.6 Å². The molecule has 4 rings (SSSR count). The summed E-state index contributed by atoms with van der Waals surface area (Å²) in [6, 6.07) is 1.50. The van der Waals surface area contributed by atoms with Crippen LogP contribution in [0.25, 0.3) is 0 Å². The predicted octanol–water partition coefficient (Wildman–Crippen LogP) is 2.36. The van der Waals surface area contributed by atoms with E-state index in [2.05, 4.69) is 50.7 Å². The molecule has 0 bridgehead atoms. The number of ether oxygens (including phenoxy) is 1. The normalized spacial score (nSPS) is 19.8. The Hall–Kier alpha value is -3.41. The van der Waals surface area contributed by atoms with Crippen molar-refractivity contribution in [2.24, 2.45) is 0 Å². The van der Waals surface area contributed by atoms with Crippen LogP contribution in [-0.4, -0.2) is 60.4 Å². The van der Waals surface area contributed by atoms with Gasteiger partial charge in [0.25, 0.3) is 0 Å². The molecule has 3 atom stereocenters. The number of aryl methyl sites for hydroxylation is 1. The molecule has 3 N–H and O–H groups in total. The Balaban J connectivity index is 1.62. The second-order valence-corrected chi connectivity index (χ2v) is 7.63. The van der Waals surface area contributed by atoms with Crippen molar-refractivity contribution in [2.75, 3.05) is 28.6 Å². The number of hydrogen-bond donors (Lipinski definition) is 3. The van der Waals surface area contributed by atoms with Crippen LogP contribution in [0.5, 0.6) is 0 Å². The van der Waals surface area contributed by atoms with E-state index < -0.39 is 5.82 Å². The van der Waals surface area contributed by atoms with Crippen molar-refractivity contribution < 1.29 is 9.13 Å². The van der Waals surface area contributed by atoms with Gasteiger partial charge in [-0.15, -0.1) is 0 Å². The first-order chi connectivity index (χ1) is 14.9. The number of hydrogen-bond acceptors (Lipinski definition) is 10. The van der Waals surface area contributed by atoms with Crippen LogP contribution < -0.4 is 15.5 Å². The summed E-state index contributed by atoms with van der Waals surface area (Å²) < 4.78 is 19.0. The standard InChI is InChI=1S/C19H25FN10O/c1-10-5-15(29-28-10)24-18-25-17(23-13(4)16-21-6-14(20)7-22-16)26-19(27-18)30-8-11(2)31-12(3)9-30/h5-7,11-13H,8-9H2,1-4H3,(H3,23,24,25,26,27,28,29)/t11-,12?,13?/m1/s1. The first kappa shape index (κ1) is 20.8. The Morgan fingerprint density at radius 1 is 1.13 bits per heavy atom. The maximum absolute atomic E-state index is 13.1. The van der Waals surface area contributed by atoms with Gasteiger partial charge in [0, 0.05) is 24.8 Å². The molecule has 0 aromatic carbocycles. The largest absolute Gasteiger partial charge is 0.372 e. The quantitative estimate of drug-likeness (QED) is 0.538. The molecule has 1 saturated heterocycles. The van der Waals surface area contributed by atoms with E-state index in [1.165, 1.54) is 0 Å². The number of nitrogens with zero attached hydrogens (tertiary/aromatic N) is 7. The molecule has 11 nitrogen and oxygen atoms in total. The van der Waals surface area contributed by atoms with Gasteiger partial charge in [0.15, 0.2) is 11.6 Å². The lowest BCUT2D eigenvalue weighted by molar-refractivity contribution is -0.00571. The fourth-order valence-electron chi connectivity index (χ4n) is 3.37. The van der Waals surface area contributed by atoms with E-state index in [-0.39, 0.29) is 18.2 Å². The van der Waals surface area contributed by atoms with Crippen LogP contribution in [0.15, 0.2) is 18.5 Å².